The van der Waals surface area contributed by atoms with E-state index in [9.17, 15) is 4.79 Å². The average molecular weight is 480 g/mol. The van der Waals surface area contributed by atoms with Crippen LogP contribution >= 0.6 is 23.4 Å². The zero-order valence-electron chi connectivity index (χ0n) is 17.9. The molecule has 7 nitrogen and oxygen atoms in total. The fourth-order valence-electron chi connectivity index (χ4n) is 3.29. The first-order valence-electron chi connectivity index (χ1n) is 10.3. The molecule has 2 aromatic carbocycles. The standard InChI is InChI=1S/C24H22ClN5O2S/c1-32-21-8-7-19(25)15-20(21)27-22(31)16-33-24-29-28-23(18-9-12-26-13-10-18)30(24)14-11-17-5-3-2-4-6-17/h2-10,12-13,15H,11,14,16H2,1H3,(H,27,31). The van der Waals surface area contributed by atoms with Gasteiger partial charge in [0.15, 0.2) is 11.0 Å². The van der Waals surface area contributed by atoms with Crippen molar-refractivity contribution in [3.8, 4) is 17.1 Å². The average Bonchev–Trinajstić information content (AvgIpc) is 3.25. The van der Waals surface area contributed by atoms with Crippen molar-refractivity contribution >= 4 is 35.0 Å². The Morgan fingerprint density at radius 2 is 1.88 bits per heavy atom. The molecule has 0 aliphatic carbocycles. The monoisotopic (exact) mass is 479 g/mol. The molecule has 1 amide bonds. The Morgan fingerprint density at radius 1 is 1.09 bits per heavy atom. The number of carbonyl (C=O) groups is 1. The third kappa shape index (κ3) is 5.91. The predicted molar refractivity (Wildman–Crippen MR) is 131 cm³/mol. The van der Waals surface area contributed by atoms with Gasteiger partial charge in [0.2, 0.25) is 5.91 Å². The summed E-state index contributed by atoms with van der Waals surface area (Å²) in [7, 11) is 1.55. The second-order valence-corrected chi connectivity index (χ2v) is 8.49. The zero-order chi connectivity index (χ0) is 23.0. The van der Waals surface area contributed by atoms with Crippen LogP contribution < -0.4 is 10.1 Å². The molecule has 0 saturated heterocycles. The molecule has 0 saturated carbocycles. The lowest BCUT2D eigenvalue weighted by atomic mass is 10.1. The highest BCUT2D eigenvalue weighted by Gasteiger charge is 2.16. The molecule has 9 heteroatoms. The van der Waals surface area contributed by atoms with Crippen LogP contribution in [0.2, 0.25) is 5.02 Å². The quantitative estimate of drug-likeness (QED) is 0.341. The van der Waals surface area contributed by atoms with Gasteiger partial charge in [-0.25, -0.2) is 0 Å². The van der Waals surface area contributed by atoms with Crippen LogP contribution in [0.4, 0.5) is 5.69 Å². The SMILES string of the molecule is COc1ccc(Cl)cc1NC(=O)CSc1nnc(-c2ccncc2)n1CCc1ccccc1. The minimum Gasteiger partial charge on any atom is -0.495 e. The van der Waals surface area contributed by atoms with Crippen LogP contribution in [0.15, 0.2) is 78.2 Å². The minimum atomic E-state index is -0.191. The summed E-state index contributed by atoms with van der Waals surface area (Å²) >= 11 is 7.39. The molecule has 0 radical (unpaired) electrons. The van der Waals surface area contributed by atoms with Gasteiger partial charge < -0.3 is 14.6 Å². The molecule has 0 fully saturated rings. The van der Waals surface area contributed by atoms with Crippen molar-refractivity contribution in [2.75, 3.05) is 18.2 Å². The van der Waals surface area contributed by atoms with E-state index in [2.05, 4.69) is 32.6 Å². The van der Waals surface area contributed by atoms with Gasteiger partial charge in [-0.15, -0.1) is 10.2 Å². The van der Waals surface area contributed by atoms with Crippen molar-refractivity contribution in [3.05, 3.63) is 83.6 Å². The molecule has 0 aliphatic rings. The lowest BCUT2D eigenvalue weighted by Crippen LogP contribution is -2.15. The number of halogens is 1. The molecule has 0 atom stereocenters. The maximum Gasteiger partial charge on any atom is 0.234 e. The molecule has 4 aromatic rings. The number of thioether (sulfide) groups is 1. The van der Waals surface area contributed by atoms with Gasteiger partial charge in [-0.1, -0.05) is 53.7 Å². The van der Waals surface area contributed by atoms with Crippen molar-refractivity contribution in [2.45, 2.75) is 18.1 Å². The van der Waals surface area contributed by atoms with Crippen molar-refractivity contribution in [1.82, 2.24) is 19.7 Å². The Hall–Kier alpha value is -3.36. The number of rotatable bonds is 9. The largest absolute Gasteiger partial charge is 0.495 e. The van der Waals surface area contributed by atoms with Crippen molar-refractivity contribution in [1.29, 1.82) is 0 Å². The maximum absolute atomic E-state index is 12.6. The van der Waals surface area contributed by atoms with E-state index in [1.807, 2.05) is 34.9 Å². The number of carbonyl (C=O) groups excluding carboxylic acids is 1. The summed E-state index contributed by atoms with van der Waals surface area (Å²) in [5.41, 5.74) is 2.66. The van der Waals surface area contributed by atoms with E-state index in [1.54, 1.807) is 37.7 Å². The summed E-state index contributed by atoms with van der Waals surface area (Å²) in [5.74, 6) is 1.26. The number of amides is 1. The van der Waals surface area contributed by atoms with Crippen LogP contribution in [0.5, 0.6) is 5.75 Å². The number of pyridine rings is 1. The van der Waals surface area contributed by atoms with E-state index in [0.29, 0.717) is 28.2 Å². The number of anilines is 1. The lowest BCUT2D eigenvalue weighted by molar-refractivity contribution is -0.113. The predicted octanol–water partition coefficient (Wildman–Crippen LogP) is 4.98. The lowest BCUT2D eigenvalue weighted by Gasteiger charge is -2.12. The van der Waals surface area contributed by atoms with Gasteiger partial charge >= 0.3 is 0 Å². The van der Waals surface area contributed by atoms with Gasteiger partial charge in [-0.3, -0.25) is 9.78 Å². The molecule has 1 N–H and O–H groups in total. The third-order valence-electron chi connectivity index (χ3n) is 4.89. The number of nitrogens with zero attached hydrogens (tertiary/aromatic N) is 4. The fraction of sp³-hybridized carbons (Fsp3) is 0.167. The first kappa shape index (κ1) is 22.8. The number of ether oxygens (including phenoxy) is 1. The highest BCUT2D eigenvalue weighted by molar-refractivity contribution is 7.99. The smallest absolute Gasteiger partial charge is 0.234 e. The second kappa shape index (κ2) is 11.0. The molecular weight excluding hydrogens is 458 g/mol. The van der Waals surface area contributed by atoms with Crippen molar-refractivity contribution < 1.29 is 9.53 Å². The number of aryl methyl sites for hydroxylation is 1. The van der Waals surface area contributed by atoms with E-state index in [-0.39, 0.29) is 11.7 Å². The zero-order valence-corrected chi connectivity index (χ0v) is 19.5. The molecule has 2 heterocycles. The van der Waals surface area contributed by atoms with Crippen LogP contribution in [-0.2, 0) is 17.8 Å². The molecule has 2 aromatic heterocycles. The summed E-state index contributed by atoms with van der Waals surface area (Å²) in [5, 5.41) is 12.8. The number of hydrogen-bond donors (Lipinski definition) is 1. The topological polar surface area (TPSA) is 81.9 Å². The molecule has 0 aliphatic heterocycles. The fourth-order valence-corrected chi connectivity index (χ4v) is 4.23. The van der Waals surface area contributed by atoms with Gasteiger partial charge in [0.1, 0.15) is 5.75 Å². The maximum atomic E-state index is 12.6. The van der Waals surface area contributed by atoms with Gasteiger partial charge in [0.25, 0.3) is 0 Å². The molecular formula is C24H22ClN5O2S. The van der Waals surface area contributed by atoms with Crippen molar-refractivity contribution in [3.63, 3.8) is 0 Å². The van der Waals surface area contributed by atoms with Gasteiger partial charge in [0.05, 0.1) is 18.6 Å². The summed E-state index contributed by atoms with van der Waals surface area (Å²) in [6, 6.07) is 19.1. The highest BCUT2D eigenvalue weighted by Crippen LogP contribution is 2.29. The van der Waals surface area contributed by atoms with Gasteiger partial charge in [-0.2, -0.15) is 0 Å². The second-order valence-electron chi connectivity index (χ2n) is 7.11. The summed E-state index contributed by atoms with van der Waals surface area (Å²) in [6.45, 7) is 0.681. The summed E-state index contributed by atoms with van der Waals surface area (Å²) < 4.78 is 7.34. The van der Waals surface area contributed by atoms with Gasteiger partial charge in [0, 0.05) is 29.5 Å². The number of methoxy groups -OCH3 is 1. The van der Waals surface area contributed by atoms with E-state index >= 15 is 0 Å². The Balaban J connectivity index is 1.50. The van der Waals surface area contributed by atoms with Crippen LogP contribution in [0, 0.1) is 0 Å². The van der Waals surface area contributed by atoms with E-state index in [1.165, 1.54) is 17.3 Å². The molecule has 4 rings (SSSR count). The molecule has 0 unspecified atom stereocenters. The molecule has 0 spiro atoms. The van der Waals surface area contributed by atoms with Crippen LogP contribution in [-0.4, -0.2) is 38.5 Å². The molecule has 168 valence electrons. The molecule has 0 bridgehead atoms. The van der Waals surface area contributed by atoms with Crippen LogP contribution in [0.1, 0.15) is 5.56 Å². The first-order chi connectivity index (χ1) is 16.1. The number of nitrogens with one attached hydrogen (secondary N) is 1. The van der Waals surface area contributed by atoms with Crippen LogP contribution in [0.3, 0.4) is 0 Å². The third-order valence-corrected chi connectivity index (χ3v) is 6.09. The number of benzene rings is 2. The van der Waals surface area contributed by atoms with Crippen molar-refractivity contribution in [2.24, 2.45) is 0 Å². The van der Waals surface area contributed by atoms with E-state index in [0.717, 1.165) is 17.8 Å². The van der Waals surface area contributed by atoms with E-state index in [4.69, 9.17) is 16.3 Å². The Labute approximate surface area is 201 Å². The number of hydrogen-bond acceptors (Lipinski definition) is 6. The first-order valence-corrected chi connectivity index (χ1v) is 11.6. The normalized spacial score (nSPS) is 10.7. The summed E-state index contributed by atoms with van der Waals surface area (Å²) in [6.07, 6.45) is 4.27. The van der Waals surface area contributed by atoms with E-state index < -0.39 is 0 Å². The molecule has 33 heavy (non-hydrogen) atoms. The van der Waals surface area contributed by atoms with Gasteiger partial charge in [-0.05, 0) is 42.3 Å². The Bertz CT molecular complexity index is 1220. The Morgan fingerprint density at radius 3 is 2.64 bits per heavy atom. The Kier molecular flexibility index (Phi) is 7.59. The summed E-state index contributed by atoms with van der Waals surface area (Å²) in [4.78, 5) is 16.7. The highest BCUT2D eigenvalue weighted by atomic mass is 35.5. The van der Waals surface area contributed by atoms with Crippen LogP contribution in [0.25, 0.3) is 11.4 Å². The minimum absolute atomic E-state index is 0.162. The number of aromatic nitrogens is 4.